The zero-order chi connectivity index (χ0) is 22.1. The summed E-state index contributed by atoms with van der Waals surface area (Å²) in [4.78, 5) is 27.4. The fourth-order valence-electron chi connectivity index (χ4n) is 4.89. The summed E-state index contributed by atoms with van der Waals surface area (Å²) >= 11 is 0. The van der Waals surface area contributed by atoms with Crippen LogP contribution >= 0.6 is 0 Å². The second kappa shape index (κ2) is 11.7. The maximum Gasteiger partial charge on any atom is 0.324 e. The first-order chi connectivity index (χ1) is 15.0. The number of benzene rings is 1. The third kappa shape index (κ3) is 6.82. The van der Waals surface area contributed by atoms with Crippen molar-refractivity contribution in [2.75, 3.05) is 0 Å². The minimum atomic E-state index is -1.26. The Morgan fingerprint density at radius 3 is 1.77 bits per heavy atom. The number of esters is 2. The van der Waals surface area contributed by atoms with E-state index in [0.717, 1.165) is 63.4 Å². The van der Waals surface area contributed by atoms with Crippen LogP contribution in [0.25, 0.3) is 0 Å². The van der Waals surface area contributed by atoms with Gasteiger partial charge in [0.1, 0.15) is 12.2 Å². The molecule has 31 heavy (non-hydrogen) atoms. The molecule has 0 spiro atoms. The van der Waals surface area contributed by atoms with Crippen molar-refractivity contribution in [3.63, 3.8) is 0 Å². The highest BCUT2D eigenvalue weighted by Gasteiger charge is 2.50. The topological polar surface area (TPSA) is 52.6 Å². The smallest absolute Gasteiger partial charge is 0.324 e. The summed E-state index contributed by atoms with van der Waals surface area (Å²) in [5.74, 6) is -0.352. The Morgan fingerprint density at radius 1 is 0.839 bits per heavy atom. The van der Waals surface area contributed by atoms with Gasteiger partial charge in [-0.2, -0.15) is 0 Å². The van der Waals surface area contributed by atoms with Gasteiger partial charge in [-0.3, -0.25) is 9.59 Å². The van der Waals surface area contributed by atoms with E-state index >= 15 is 0 Å². The Kier molecular flexibility index (Phi) is 8.98. The summed E-state index contributed by atoms with van der Waals surface area (Å²) in [5.41, 5.74) is -0.284. The maximum atomic E-state index is 13.7. The summed E-state index contributed by atoms with van der Waals surface area (Å²) in [6.07, 6.45) is 11.8. The highest BCUT2D eigenvalue weighted by Crippen LogP contribution is 2.37. The van der Waals surface area contributed by atoms with Crippen LogP contribution in [-0.2, 0) is 25.5 Å². The van der Waals surface area contributed by atoms with Crippen LogP contribution < -0.4 is 0 Å². The van der Waals surface area contributed by atoms with Crippen molar-refractivity contribution in [2.24, 2.45) is 11.3 Å². The molecule has 3 rings (SSSR count). The van der Waals surface area contributed by atoms with Crippen LogP contribution in [0.15, 0.2) is 30.3 Å². The summed E-state index contributed by atoms with van der Waals surface area (Å²) in [6, 6.07) is 9.86. The first-order valence-corrected chi connectivity index (χ1v) is 12.5. The minimum absolute atomic E-state index is 0.0714. The number of ether oxygens (including phenoxy) is 2. The summed E-state index contributed by atoms with van der Waals surface area (Å²) in [7, 11) is 0. The average Bonchev–Trinajstić information content (AvgIpc) is 2.78. The van der Waals surface area contributed by atoms with Gasteiger partial charge in [0.2, 0.25) is 0 Å². The second-order valence-electron chi connectivity index (χ2n) is 10.0. The SMILES string of the molecule is CC(C)CCC(Cc1ccccc1)(C(=O)OC1CCCCC1)C(=O)OC1CCCCC1. The lowest BCUT2D eigenvalue weighted by molar-refractivity contribution is -0.181. The van der Waals surface area contributed by atoms with Crippen LogP contribution in [0.3, 0.4) is 0 Å². The monoisotopic (exact) mass is 428 g/mol. The molecule has 0 unspecified atom stereocenters. The quantitative estimate of drug-likeness (QED) is 0.337. The Bertz CT molecular complexity index is 652. The molecule has 0 amide bonds. The predicted molar refractivity (Wildman–Crippen MR) is 123 cm³/mol. The average molecular weight is 429 g/mol. The molecule has 0 aliphatic heterocycles. The standard InChI is InChI=1S/C27H40O4/c1-21(2)18-19-27(20-22-12-6-3-7-13-22,25(28)30-23-14-8-4-9-15-23)26(29)31-24-16-10-5-11-17-24/h3,6-7,12-13,21,23-24H,4-5,8-11,14-20H2,1-2H3. The lowest BCUT2D eigenvalue weighted by Crippen LogP contribution is -2.47. The molecule has 2 aliphatic carbocycles. The van der Waals surface area contributed by atoms with Gasteiger partial charge in [0.15, 0.2) is 5.41 Å². The van der Waals surface area contributed by atoms with Crippen molar-refractivity contribution in [3.8, 4) is 0 Å². The van der Waals surface area contributed by atoms with Gasteiger partial charge < -0.3 is 9.47 Å². The van der Waals surface area contributed by atoms with Gasteiger partial charge in [0, 0.05) is 0 Å². The Morgan fingerprint density at radius 2 is 1.32 bits per heavy atom. The zero-order valence-electron chi connectivity index (χ0n) is 19.4. The normalized spacial score (nSPS) is 18.7. The fourth-order valence-corrected chi connectivity index (χ4v) is 4.89. The van der Waals surface area contributed by atoms with Crippen molar-refractivity contribution >= 4 is 11.9 Å². The molecule has 2 aliphatic rings. The molecule has 1 aromatic carbocycles. The molecule has 2 saturated carbocycles. The molecule has 0 heterocycles. The summed E-state index contributed by atoms with van der Waals surface area (Å²) in [5, 5.41) is 0. The van der Waals surface area contributed by atoms with Crippen LogP contribution in [-0.4, -0.2) is 24.1 Å². The molecule has 0 atom stereocenters. The molecule has 4 heteroatoms. The van der Waals surface area contributed by atoms with Crippen LogP contribution in [0.5, 0.6) is 0 Å². The Labute approximate surface area is 188 Å². The largest absolute Gasteiger partial charge is 0.462 e. The Balaban J connectivity index is 1.87. The first kappa shape index (κ1) is 23.8. The van der Waals surface area contributed by atoms with E-state index < -0.39 is 5.41 Å². The molecule has 172 valence electrons. The van der Waals surface area contributed by atoms with Gasteiger partial charge in [-0.25, -0.2) is 0 Å². The fraction of sp³-hybridized carbons (Fsp3) is 0.704. The highest BCUT2D eigenvalue weighted by molar-refractivity contribution is 6.00. The van der Waals surface area contributed by atoms with Crippen LogP contribution in [0.1, 0.15) is 96.5 Å². The van der Waals surface area contributed by atoms with Crippen LogP contribution in [0.4, 0.5) is 0 Å². The lowest BCUT2D eigenvalue weighted by atomic mass is 9.76. The predicted octanol–water partition coefficient (Wildman–Crippen LogP) is 6.40. The summed E-state index contributed by atoms with van der Waals surface area (Å²) in [6.45, 7) is 4.26. The zero-order valence-corrected chi connectivity index (χ0v) is 19.4. The van der Waals surface area contributed by atoms with E-state index in [2.05, 4.69) is 13.8 Å². The first-order valence-electron chi connectivity index (χ1n) is 12.5. The van der Waals surface area contributed by atoms with Gasteiger partial charge in [-0.1, -0.05) is 57.0 Å². The molecule has 4 nitrogen and oxygen atoms in total. The van der Waals surface area contributed by atoms with E-state index in [1.807, 2.05) is 30.3 Å². The molecule has 0 saturated heterocycles. The maximum absolute atomic E-state index is 13.7. The highest BCUT2D eigenvalue weighted by atomic mass is 16.6. The van der Waals surface area contributed by atoms with Crippen LogP contribution in [0, 0.1) is 11.3 Å². The molecule has 0 aromatic heterocycles. The number of carbonyl (C=O) groups is 2. The van der Waals surface area contributed by atoms with E-state index in [1.165, 1.54) is 12.8 Å². The Hall–Kier alpha value is -1.84. The van der Waals surface area contributed by atoms with E-state index in [4.69, 9.17) is 9.47 Å². The lowest BCUT2D eigenvalue weighted by Gasteiger charge is -2.34. The van der Waals surface area contributed by atoms with Gasteiger partial charge >= 0.3 is 11.9 Å². The number of hydrogen-bond acceptors (Lipinski definition) is 4. The van der Waals surface area contributed by atoms with Gasteiger partial charge in [0.05, 0.1) is 0 Å². The molecular weight excluding hydrogens is 388 g/mol. The third-order valence-electron chi connectivity index (χ3n) is 6.93. The summed E-state index contributed by atoms with van der Waals surface area (Å²) < 4.78 is 12.1. The number of hydrogen-bond donors (Lipinski definition) is 0. The van der Waals surface area contributed by atoms with E-state index in [9.17, 15) is 9.59 Å². The van der Waals surface area contributed by atoms with Crippen molar-refractivity contribution in [2.45, 2.75) is 110 Å². The molecule has 0 bridgehead atoms. The molecule has 2 fully saturated rings. The number of carbonyl (C=O) groups excluding carboxylic acids is 2. The molecule has 0 N–H and O–H groups in total. The van der Waals surface area contributed by atoms with Gasteiger partial charge in [-0.05, 0) is 82.1 Å². The van der Waals surface area contributed by atoms with Crippen LogP contribution in [0.2, 0.25) is 0 Å². The van der Waals surface area contributed by atoms with Crippen molar-refractivity contribution in [1.29, 1.82) is 0 Å². The van der Waals surface area contributed by atoms with Crippen molar-refractivity contribution in [3.05, 3.63) is 35.9 Å². The van der Waals surface area contributed by atoms with Crippen molar-refractivity contribution < 1.29 is 19.1 Å². The van der Waals surface area contributed by atoms with E-state index in [-0.39, 0.29) is 24.1 Å². The van der Waals surface area contributed by atoms with Gasteiger partial charge in [-0.15, -0.1) is 0 Å². The second-order valence-corrected chi connectivity index (χ2v) is 10.0. The minimum Gasteiger partial charge on any atom is -0.462 e. The molecule has 1 aromatic rings. The van der Waals surface area contributed by atoms with Gasteiger partial charge in [0.25, 0.3) is 0 Å². The van der Waals surface area contributed by atoms with E-state index in [0.29, 0.717) is 18.8 Å². The third-order valence-corrected chi connectivity index (χ3v) is 6.93. The van der Waals surface area contributed by atoms with Crippen molar-refractivity contribution in [1.82, 2.24) is 0 Å². The molecule has 0 radical (unpaired) electrons. The molecular formula is C27H40O4. The number of rotatable bonds is 9. The van der Waals surface area contributed by atoms with E-state index in [1.54, 1.807) is 0 Å².